The zero-order chi connectivity index (χ0) is 12.4. The first-order chi connectivity index (χ1) is 8.83. The van der Waals surface area contributed by atoms with Gasteiger partial charge in [0.05, 0.1) is 11.0 Å². The number of para-hydroxylation sites is 2. The van der Waals surface area contributed by atoms with Crippen molar-refractivity contribution in [2.24, 2.45) is 0 Å². The molecule has 2 heterocycles. The molecule has 1 aromatic carbocycles. The van der Waals surface area contributed by atoms with Crippen molar-refractivity contribution in [3.63, 3.8) is 0 Å². The lowest BCUT2D eigenvalue weighted by atomic mass is 10.2. The summed E-state index contributed by atoms with van der Waals surface area (Å²) in [5.74, 6) is 1.15. The summed E-state index contributed by atoms with van der Waals surface area (Å²) in [5, 5.41) is 6.72. The Bertz CT molecular complexity index is 548. The van der Waals surface area contributed by atoms with E-state index in [2.05, 4.69) is 20.6 Å². The van der Waals surface area contributed by atoms with Crippen molar-refractivity contribution in [3.05, 3.63) is 24.3 Å². The molecule has 0 amide bonds. The second kappa shape index (κ2) is 4.78. The number of hydrogen-bond donors (Lipinski definition) is 3. The molecule has 0 bridgehead atoms. The van der Waals surface area contributed by atoms with Gasteiger partial charge in [-0.2, -0.15) is 0 Å². The minimum absolute atomic E-state index is 0.465. The number of rotatable bonds is 3. The molecule has 3 rings (SSSR count). The van der Waals surface area contributed by atoms with Gasteiger partial charge in [-0.05, 0) is 31.5 Å². The maximum atomic E-state index is 5.91. The summed E-state index contributed by atoms with van der Waals surface area (Å²) in [4.78, 5) is 8.86. The van der Waals surface area contributed by atoms with E-state index in [0.717, 1.165) is 24.1 Å². The van der Waals surface area contributed by atoms with Crippen LogP contribution in [0.4, 0.5) is 11.6 Å². The van der Waals surface area contributed by atoms with E-state index in [1.807, 2.05) is 24.3 Å². The van der Waals surface area contributed by atoms with Gasteiger partial charge in [0.15, 0.2) is 11.6 Å². The normalized spacial score (nSPS) is 19.2. The zero-order valence-corrected chi connectivity index (χ0v) is 10.2. The third-order valence-electron chi connectivity index (χ3n) is 3.28. The Morgan fingerprint density at radius 3 is 2.78 bits per heavy atom. The fraction of sp³-hybridized carbons (Fsp3) is 0.385. The molecule has 2 aromatic rings. The maximum absolute atomic E-state index is 5.91. The molecule has 5 nitrogen and oxygen atoms in total. The van der Waals surface area contributed by atoms with Crippen LogP contribution in [0.5, 0.6) is 0 Å². The number of nitrogens with zero attached hydrogens (tertiary/aromatic N) is 2. The van der Waals surface area contributed by atoms with Crippen molar-refractivity contribution in [2.45, 2.75) is 18.9 Å². The predicted octanol–water partition coefficient (Wildman–Crippen LogP) is 1.38. The smallest absolute Gasteiger partial charge is 0.169 e. The van der Waals surface area contributed by atoms with Crippen LogP contribution in [0.3, 0.4) is 0 Å². The Morgan fingerprint density at radius 1 is 1.28 bits per heavy atom. The van der Waals surface area contributed by atoms with E-state index in [1.54, 1.807) is 0 Å². The Morgan fingerprint density at radius 2 is 2.06 bits per heavy atom. The molecule has 1 saturated heterocycles. The van der Waals surface area contributed by atoms with Gasteiger partial charge in [0.25, 0.3) is 0 Å². The summed E-state index contributed by atoms with van der Waals surface area (Å²) in [7, 11) is 0. The molecule has 0 aliphatic carbocycles. The van der Waals surface area contributed by atoms with Crippen LogP contribution in [0.25, 0.3) is 11.0 Å². The van der Waals surface area contributed by atoms with Crippen LogP contribution in [-0.2, 0) is 0 Å². The third-order valence-corrected chi connectivity index (χ3v) is 3.28. The Labute approximate surface area is 106 Å². The van der Waals surface area contributed by atoms with Gasteiger partial charge in [0.1, 0.15) is 0 Å². The fourth-order valence-corrected chi connectivity index (χ4v) is 2.29. The van der Waals surface area contributed by atoms with Gasteiger partial charge < -0.3 is 16.4 Å². The van der Waals surface area contributed by atoms with Crippen LogP contribution >= 0.6 is 0 Å². The minimum Gasteiger partial charge on any atom is -0.381 e. The van der Waals surface area contributed by atoms with Crippen LogP contribution in [0.2, 0.25) is 0 Å². The number of hydrogen-bond acceptors (Lipinski definition) is 5. The highest BCUT2D eigenvalue weighted by atomic mass is 15.1. The van der Waals surface area contributed by atoms with E-state index in [-0.39, 0.29) is 0 Å². The van der Waals surface area contributed by atoms with Gasteiger partial charge in [-0.15, -0.1) is 0 Å². The second-order valence-electron chi connectivity index (χ2n) is 4.62. The maximum Gasteiger partial charge on any atom is 0.169 e. The Balaban J connectivity index is 1.80. The summed E-state index contributed by atoms with van der Waals surface area (Å²) in [6.07, 6.45) is 2.44. The standard InChI is InChI=1S/C13H17N5/c14-12-13(16-8-9-4-3-7-15-9)18-11-6-2-1-5-10(11)17-12/h1-2,5-6,9,15H,3-4,7-8H2,(H2,14,17)(H,16,18). The molecule has 0 radical (unpaired) electrons. The van der Waals surface area contributed by atoms with E-state index >= 15 is 0 Å². The van der Waals surface area contributed by atoms with Crippen LogP contribution in [-0.4, -0.2) is 29.1 Å². The van der Waals surface area contributed by atoms with E-state index in [0.29, 0.717) is 17.7 Å². The lowest BCUT2D eigenvalue weighted by Gasteiger charge is -2.13. The van der Waals surface area contributed by atoms with Gasteiger partial charge in [-0.25, -0.2) is 9.97 Å². The first kappa shape index (κ1) is 11.2. The van der Waals surface area contributed by atoms with E-state index < -0.39 is 0 Å². The first-order valence-corrected chi connectivity index (χ1v) is 6.32. The Hall–Kier alpha value is -1.88. The zero-order valence-electron chi connectivity index (χ0n) is 10.2. The van der Waals surface area contributed by atoms with E-state index in [1.165, 1.54) is 12.8 Å². The summed E-state index contributed by atoms with van der Waals surface area (Å²) in [6, 6.07) is 8.26. The third kappa shape index (κ3) is 2.22. The monoisotopic (exact) mass is 243 g/mol. The quantitative estimate of drug-likeness (QED) is 0.759. The van der Waals surface area contributed by atoms with Crippen molar-refractivity contribution in [3.8, 4) is 0 Å². The molecule has 1 aliphatic heterocycles. The number of aromatic nitrogens is 2. The van der Waals surface area contributed by atoms with Crippen LogP contribution in [0.1, 0.15) is 12.8 Å². The number of fused-ring (bicyclic) bond motifs is 1. The van der Waals surface area contributed by atoms with Gasteiger partial charge >= 0.3 is 0 Å². The Kier molecular flexibility index (Phi) is 2.98. The van der Waals surface area contributed by atoms with Crippen molar-refractivity contribution >= 4 is 22.7 Å². The number of nitrogen functional groups attached to an aromatic ring is 1. The second-order valence-corrected chi connectivity index (χ2v) is 4.62. The highest BCUT2D eigenvalue weighted by molar-refractivity contribution is 5.79. The molecular weight excluding hydrogens is 226 g/mol. The lowest BCUT2D eigenvalue weighted by molar-refractivity contribution is 0.632. The van der Waals surface area contributed by atoms with Crippen molar-refractivity contribution in [2.75, 3.05) is 24.1 Å². The van der Waals surface area contributed by atoms with Crippen molar-refractivity contribution in [1.82, 2.24) is 15.3 Å². The molecule has 0 spiro atoms. The molecule has 4 N–H and O–H groups in total. The number of nitrogens with two attached hydrogens (primary N) is 1. The SMILES string of the molecule is Nc1nc2ccccc2nc1NCC1CCCN1. The average Bonchev–Trinajstić information content (AvgIpc) is 2.89. The molecule has 5 heteroatoms. The summed E-state index contributed by atoms with van der Waals surface area (Å²) >= 11 is 0. The van der Waals surface area contributed by atoms with Crippen LogP contribution in [0, 0.1) is 0 Å². The molecule has 0 saturated carbocycles. The van der Waals surface area contributed by atoms with E-state index in [9.17, 15) is 0 Å². The largest absolute Gasteiger partial charge is 0.381 e. The molecule has 1 atom stereocenters. The molecule has 18 heavy (non-hydrogen) atoms. The van der Waals surface area contributed by atoms with Crippen LogP contribution < -0.4 is 16.4 Å². The van der Waals surface area contributed by atoms with E-state index in [4.69, 9.17) is 5.73 Å². The van der Waals surface area contributed by atoms with Crippen molar-refractivity contribution < 1.29 is 0 Å². The average molecular weight is 243 g/mol. The van der Waals surface area contributed by atoms with Gasteiger partial charge in [-0.1, -0.05) is 12.1 Å². The summed E-state index contributed by atoms with van der Waals surface area (Å²) in [6.45, 7) is 1.95. The van der Waals surface area contributed by atoms with Gasteiger partial charge in [-0.3, -0.25) is 0 Å². The first-order valence-electron chi connectivity index (χ1n) is 6.32. The number of nitrogens with one attached hydrogen (secondary N) is 2. The predicted molar refractivity (Wildman–Crippen MR) is 73.5 cm³/mol. The molecule has 1 aromatic heterocycles. The molecule has 1 fully saturated rings. The minimum atomic E-state index is 0.465. The molecular formula is C13H17N5. The summed E-state index contributed by atoms with van der Waals surface area (Å²) < 4.78 is 0. The number of benzene rings is 1. The van der Waals surface area contributed by atoms with Gasteiger partial charge in [0.2, 0.25) is 0 Å². The highest BCUT2D eigenvalue weighted by Crippen LogP contribution is 2.18. The molecule has 94 valence electrons. The number of anilines is 2. The van der Waals surface area contributed by atoms with Gasteiger partial charge in [0, 0.05) is 12.6 Å². The summed E-state index contributed by atoms with van der Waals surface area (Å²) in [5.41, 5.74) is 7.62. The van der Waals surface area contributed by atoms with Crippen LogP contribution in [0.15, 0.2) is 24.3 Å². The highest BCUT2D eigenvalue weighted by Gasteiger charge is 2.14. The lowest BCUT2D eigenvalue weighted by Crippen LogP contribution is -2.29. The topological polar surface area (TPSA) is 75.9 Å². The molecule has 1 aliphatic rings. The molecule has 1 unspecified atom stereocenters. The van der Waals surface area contributed by atoms with Crippen molar-refractivity contribution in [1.29, 1.82) is 0 Å². The fourth-order valence-electron chi connectivity index (χ4n) is 2.29.